The Hall–Kier alpha value is -0.910. The van der Waals surface area contributed by atoms with Crippen LogP contribution >= 0.6 is 11.8 Å². The van der Waals surface area contributed by atoms with E-state index in [1.165, 1.54) is 0 Å². The monoisotopic (exact) mass is 258 g/mol. The summed E-state index contributed by atoms with van der Waals surface area (Å²) in [7, 11) is 0. The normalized spacial score (nSPS) is 29.1. The predicted octanol–water partition coefficient (Wildman–Crippen LogP) is 0.998. The Bertz CT molecular complexity index is 305. The van der Waals surface area contributed by atoms with Crippen LogP contribution in [0.25, 0.3) is 0 Å². The lowest BCUT2D eigenvalue weighted by Gasteiger charge is -2.28. The Balaban J connectivity index is 1.77. The quantitative estimate of drug-likeness (QED) is 0.775. The van der Waals surface area contributed by atoms with Gasteiger partial charge in [0.2, 0.25) is 0 Å². The number of carboxylic acids is 1. The number of carboxylic acid groups (broad SMARTS) is 1. The highest BCUT2D eigenvalue weighted by atomic mass is 32.2. The minimum absolute atomic E-state index is 0.0265. The van der Waals surface area contributed by atoms with Gasteiger partial charge in [-0.3, -0.25) is 4.79 Å². The summed E-state index contributed by atoms with van der Waals surface area (Å²) in [6.45, 7) is 1.59. The van der Waals surface area contributed by atoms with E-state index in [-0.39, 0.29) is 18.0 Å². The van der Waals surface area contributed by atoms with Crippen molar-refractivity contribution in [2.75, 3.05) is 24.6 Å². The largest absolute Gasteiger partial charge is 0.481 e. The molecule has 1 heterocycles. The van der Waals surface area contributed by atoms with Crippen molar-refractivity contribution in [3.05, 3.63) is 0 Å². The number of thioether (sulfide) groups is 1. The lowest BCUT2D eigenvalue weighted by molar-refractivity contribution is -0.141. The van der Waals surface area contributed by atoms with Crippen LogP contribution in [0.5, 0.6) is 0 Å². The van der Waals surface area contributed by atoms with Crippen LogP contribution < -0.4 is 5.32 Å². The van der Waals surface area contributed by atoms with Crippen LogP contribution in [0.2, 0.25) is 0 Å². The molecule has 2 amide bonds. The number of carbonyl (C=O) groups is 2. The van der Waals surface area contributed by atoms with E-state index in [4.69, 9.17) is 5.11 Å². The molecule has 0 aromatic carbocycles. The predicted molar refractivity (Wildman–Crippen MR) is 66.2 cm³/mol. The molecule has 1 aliphatic carbocycles. The van der Waals surface area contributed by atoms with Gasteiger partial charge >= 0.3 is 12.0 Å². The van der Waals surface area contributed by atoms with E-state index < -0.39 is 5.97 Å². The molecule has 2 atom stereocenters. The first-order valence-electron chi connectivity index (χ1n) is 6.03. The van der Waals surface area contributed by atoms with E-state index in [1.807, 2.05) is 16.7 Å². The molecule has 0 radical (unpaired) electrons. The maximum absolute atomic E-state index is 11.9. The number of carbonyl (C=O) groups excluding carboxylic acids is 1. The summed E-state index contributed by atoms with van der Waals surface area (Å²) >= 11 is 1.86. The first-order chi connectivity index (χ1) is 8.16. The molecule has 0 spiro atoms. The zero-order chi connectivity index (χ0) is 12.3. The van der Waals surface area contributed by atoms with Gasteiger partial charge < -0.3 is 15.3 Å². The Morgan fingerprint density at radius 1 is 1.24 bits per heavy atom. The molecule has 2 aliphatic rings. The van der Waals surface area contributed by atoms with Gasteiger partial charge in [-0.1, -0.05) is 0 Å². The summed E-state index contributed by atoms with van der Waals surface area (Å²) in [5.74, 6) is 0.972. The fourth-order valence-corrected chi connectivity index (χ4v) is 3.27. The van der Waals surface area contributed by atoms with E-state index in [0.29, 0.717) is 12.8 Å². The van der Waals surface area contributed by atoms with Crippen molar-refractivity contribution in [1.29, 1.82) is 0 Å². The number of rotatable bonds is 2. The van der Waals surface area contributed by atoms with Crippen molar-refractivity contribution < 1.29 is 14.7 Å². The van der Waals surface area contributed by atoms with E-state index in [1.54, 1.807) is 0 Å². The summed E-state index contributed by atoms with van der Waals surface area (Å²) in [5.41, 5.74) is 0. The van der Waals surface area contributed by atoms with Crippen LogP contribution in [0.4, 0.5) is 4.79 Å². The maximum Gasteiger partial charge on any atom is 0.317 e. The Kier molecular flexibility index (Phi) is 4.15. The first-order valence-corrected chi connectivity index (χ1v) is 7.18. The van der Waals surface area contributed by atoms with Crippen molar-refractivity contribution in [2.24, 2.45) is 5.92 Å². The fraction of sp³-hybridized carbons (Fsp3) is 0.818. The summed E-state index contributed by atoms with van der Waals surface area (Å²) in [6, 6.07) is 0.0134. The van der Waals surface area contributed by atoms with Crippen molar-refractivity contribution in [3.63, 3.8) is 0 Å². The van der Waals surface area contributed by atoms with Crippen LogP contribution in [0.1, 0.15) is 19.3 Å². The highest BCUT2D eigenvalue weighted by Gasteiger charge is 2.31. The van der Waals surface area contributed by atoms with E-state index in [0.717, 1.165) is 31.0 Å². The van der Waals surface area contributed by atoms with Gasteiger partial charge in [0, 0.05) is 30.6 Å². The Labute approximate surface area is 105 Å². The molecule has 2 rings (SSSR count). The van der Waals surface area contributed by atoms with Crippen LogP contribution in [0.3, 0.4) is 0 Å². The fourth-order valence-electron chi connectivity index (χ4n) is 2.37. The smallest absolute Gasteiger partial charge is 0.317 e. The molecular formula is C11H18N2O3S. The standard InChI is InChI=1S/C11H18N2O3S/c14-10(15)8-1-2-9(7-8)12-11(16)13-3-5-17-6-4-13/h8-9H,1-7H2,(H,12,16)(H,14,15). The maximum atomic E-state index is 11.9. The molecule has 2 fully saturated rings. The molecule has 0 aromatic heterocycles. The number of nitrogens with one attached hydrogen (secondary N) is 1. The third-order valence-electron chi connectivity index (χ3n) is 3.41. The lowest BCUT2D eigenvalue weighted by atomic mass is 10.1. The lowest BCUT2D eigenvalue weighted by Crippen LogP contribution is -2.47. The van der Waals surface area contributed by atoms with Gasteiger partial charge in [-0.2, -0.15) is 11.8 Å². The highest BCUT2D eigenvalue weighted by molar-refractivity contribution is 7.99. The third-order valence-corrected chi connectivity index (χ3v) is 4.35. The summed E-state index contributed by atoms with van der Waals surface area (Å²) in [5, 5.41) is 11.8. The van der Waals surface area contributed by atoms with E-state index in [9.17, 15) is 9.59 Å². The number of aliphatic carboxylic acids is 1. The molecule has 2 unspecified atom stereocenters. The molecule has 0 bridgehead atoms. The number of hydrogen-bond donors (Lipinski definition) is 2. The van der Waals surface area contributed by atoms with Crippen LogP contribution in [0, 0.1) is 5.92 Å². The molecule has 0 aromatic rings. The van der Waals surface area contributed by atoms with Gasteiger partial charge in [0.05, 0.1) is 5.92 Å². The zero-order valence-corrected chi connectivity index (χ0v) is 10.5. The van der Waals surface area contributed by atoms with E-state index in [2.05, 4.69) is 5.32 Å². The molecule has 1 saturated heterocycles. The van der Waals surface area contributed by atoms with Gasteiger partial charge in [-0.15, -0.1) is 0 Å². The molecule has 1 aliphatic heterocycles. The molecule has 1 saturated carbocycles. The summed E-state index contributed by atoms with van der Waals surface area (Å²) < 4.78 is 0. The number of hydrogen-bond acceptors (Lipinski definition) is 3. The second kappa shape index (κ2) is 5.62. The van der Waals surface area contributed by atoms with Crippen molar-refractivity contribution in [3.8, 4) is 0 Å². The van der Waals surface area contributed by atoms with Gasteiger partial charge in [0.15, 0.2) is 0 Å². The Morgan fingerprint density at radius 3 is 2.53 bits per heavy atom. The van der Waals surface area contributed by atoms with Gasteiger partial charge in [-0.05, 0) is 19.3 Å². The first kappa shape index (κ1) is 12.5. The average Bonchev–Trinajstić information content (AvgIpc) is 2.79. The van der Waals surface area contributed by atoms with Crippen LogP contribution in [-0.2, 0) is 4.79 Å². The highest BCUT2D eigenvalue weighted by Crippen LogP contribution is 2.25. The molecular weight excluding hydrogens is 240 g/mol. The molecule has 96 valence electrons. The van der Waals surface area contributed by atoms with Crippen molar-refractivity contribution >= 4 is 23.8 Å². The molecule has 17 heavy (non-hydrogen) atoms. The topological polar surface area (TPSA) is 69.6 Å². The third kappa shape index (κ3) is 3.28. The number of amides is 2. The molecule has 2 N–H and O–H groups in total. The van der Waals surface area contributed by atoms with Gasteiger partial charge in [0.25, 0.3) is 0 Å². The second-order valence-electron chi connectivity index (χ2n) is 4.59. The zero-order valence-electron chi connectivity index (χ0n) is 9.72. The van der Waals surface area contributed by atoms with Crippen LogP contribution in [-0.4, -0.2) is 52.6 Å². The number of urea groups is 1. The summed E-state index contributed by atoms with van der Waals surface area (Å²) in [6.07, 6.45) is 2.03. The average molecular weight is 258 g/mol. The Morgan fingerprint density at radius 2 is 1.94 bits per heavy atom. The second-order valence-corrected chi connectivity index (χ2v) is 5.82. The van der Waals surface area contributed by atoms with E-state index >= 15 is 0 Å². The molecule has 5 nitrogen and oxygen atoms in total. The minimum Gasteiger partial charge on any atom is -0.481 e. The van der Waals surface area contributed by atoms with Crippen molar-refractivity contribution in [1.82, 2.24) is 10.2 Å². The molecule has 6 heteroatoms. The number of nitrogens with zero attached hydrogens (tertiary/aromatic N) is 1. The summed E-state index contributed by atoms with van der Waals surface area (Å²) in [4.78, 5) is 24.5. The minimum atomic E-state index is -0.740. The van der Waals surface area contributed by atoms with Gasteiger partial charge in [0.1, 0.15) is 0 Å². The van der Waals surface area contributed by atoms with Crippen LogP contribution in [0.15, 0.2) is 0 Å². The SMILES string of the molecule is O=C(O)C1CCC(NC(=O)N2CCSCC2)C1. The van der Waals surface area contributed by atoms with Crippen molar-refractivity contribution in [2.45, 2.75) is 25.3 Å². The van der Waals surface area contributed by atoms with Gasteiger partial charge in [-0.25, -0.2) is 4.79 Å².